The highest BCUT2D eigenvalue weighted by Gasteiger charge is 2.29. The molecule has 0 saturated carbocycles. The minimum atomic E-state index is -0.608. The van der Waals surface area contributed by atoms with E-state index in [0.29, 0.717) is 64.9 Å². The van der Waals surface area contributed by atoms with Gasteiger partial charge in [-0.25, -0.2) is 19.6 Å². The summed E-state index contributed by atoms with van der Waals surface area (Å²) in [5.74, 6) is 0.893. The summed E-state index contributed by atoms with van der Waals surface area (Å²) >= 11 is 0. The zero-order chi connectivity index (χ0) is 32.9. The lowest BCUT2D eigenvalue weighted by Gasteiger charge is -2.34. The van der Waals surface area contributed by atoms with E-state index in [1.54, 1.807) is 7.05 Å². The molecular formula is C33H40N8O5. The maximum Gasteiger partial charge on any atom is 0.407 e. The number of nitrogens with zero attached hydrogens (tertiary/aromatic N) is 7. The molecule has 1 aliphatic rings. The second-order valence-electron chi connectivity index (χ2n) is 13.1. The molecule has 0 unspecified atom stereocenters. The van der Waals surface area contributed by atoms with Gasteiger partial charge in [0.05, 0.1) is 12.2 Å². The first-order valence-electron chi connectivity index (χ1n) is 15.5. The molecule has 1 fully saturated rings. The van der Waals surface area contributed by atoms with Gasteiger partial charge in [0.1, 0.15) is 22.5 Å². The smallest absolute Gasteiger partial charge is 0.407 e. The molecule has 242 valence electrons. The van der Waals surface area contributed by atoms with Gasteiger partial charge in [-0.1, -0.05) is 23.8 Å². The fourth-order valence-electron chi connectivity index (χ4n) is 5.94. The van der Waals surface area contributed by atoms with E-state index in [1.165, 1.54) is 9.13 Å². The highest BCUT2D eigenvalue weighted by molar-refractivity contribution is 6.02. The number of alkyl carbamates (subject to hydrolysis) is 1. The minimum Gasteiger partial charge on any atom is -0.452 e. The molecule has 6 rings (SSSR count). The number of para-hydroxylation sites is 1. The number of nitrogens with one attached hydrogen (secondary N) is 1. The van der Waals surface area contributed by atoms with Crippen molar-refractivity contribution in [2.75, 3.05) is 18.0 Å². The quantitative estimate of drug-likeness (QED) is 0.271. The van der Waals surface area contributed by atoms with Crippen molar-refractivity contribution >= 4 is 45.3 Å². The Morgan fingerprint density at radius 1 is 1.13 bits per heavy atom. The number of hydrogen-bond acceptors (Lipinski definition) is 9. The number of rotatable bonds is 6. The Balaban J connectivity index is 1.42. The Morgan fingerprint density at radius 2 is 1.89 bits per heavy atom. The van der Waals surface area contributed by atoms with E-state index in [4.69, 9.17) is 19.1 Å². The van der Waals surface area contributed by atoms with Gasteiger partial charge < -0.3 is 23.9 Å². The number of aryl methyl sites for hydroxylation is 2. The van der Waals surface area contributed by atoms with Crippen molar-refractivity contribution in [2.45, 2.75) is 79.1 Å². The molecule has 1 aromatic carbocycles. The van der Waals surface area contributed by atoms with E-state index in [1.807, 2.05) is 76.5 Å². The summed E-state index contributed by atoms with van der Waals surface area (Å²) in [6, 6.07) is 7.42. The normalized spacial score (nSPS) is 15.5. The number of allylic oxidation sites excluding steroid dienone is 2. The molecule has 46 heavy (non-hydrogen) atoms. The van der Waals surface area contributed by atoms with Gasteiger partial charge in [0, 0.05) is 38.1 Å². The van der Waals surface area contributed by atoms with Gasteiger partial charge in [0.15, 0.2) is 16.7 Å². The number of benzene rings is 1. The van der Waals surface area contributed by atoms with E-state index in [9.17, 15) is 14.4 Å². The van der Waals surface area contributed by atoms with Gasteiger partial charge in [-0.15, -0.1) is 0 Å². The van der Waals surface area contributed by atoms with Crippen molar-refractivity contribution < 1.29 is 13.9 Å². The van der Waals surface area contributed by atoms with Crippen LogP contribution < -0.4 is 21.5 Å². The van der Waals surface area contributed by atoms with Crippen LogP contribution in [-0.4, -0.2) is 59.5 Å². The number of furan rings is 1. The zero-order valence-electron chi connectivity index (χ0n) is 27.4. The van der Waals surface area contributed by atoms with Crippen LogP contribution in [0.5, 0.6) is 0 Å². The third-order valence-electron chi connectivity index (χ3n) is 8.05. The van der Waals surface area contributed by atoms with Gasteiger partial charge in [-0.05, 0) is 66.5 Å². The predicted octanol–water partition coefficient (Wildman–Crippen LogP) is 4.40. The van der Waals surface area contributed by atoms with Crippen LogP contribution in [0.1, 0.15) is 59.0 Å². The maximum absolute atomic E-state index is 14.2. The van der Waals surface area contributed by atoms with E-state index in [2.05, 4.69) is 15.2 Å². The molecule has 5 aromatic rings. The number of hydrogen-bond donors (Lipinski definition) is 1. The number of amides is 1. The Hall–Kier alpha value is -4.94. The van der Waals surface area contributed by atoms with Crippen LogP contribution in [-0.2, 0) is 24.9 Å². The molecule has 13 nitrogen and oxygen atoms in total. The van der Waals surface area contributed by atoms with Crippen molar-refractivity contribution in [3.8, 4) is 0 Å². The molecule has 0 radical (unpaired) electrons. The molecule has 1 atom stereocenters. The van der Waals surface area contributed by atoms with Crippen LogP contribution in [0.2, 0.25) is 0 Å². The van der Waals surface area contributed by atoms with Crippen LogP contribution in [0.15, 0.2) is 49.9 Å². The standard InChI is InChI=1S/C33H40N8O5/c1-19(2)14-16-40-26-28(37-30(40)39-15-10-11-21(17-39)35-31(43)46-33(4,5)6)38(7)32(44)41(29(26)42)18-24-34-20(3)27-25(36-24)22-12-8-9-13-23(22)45-27/h8-9,12-14,21H,10-11,15-18H2,1-7H3,(H,35,43)/t21-/m1/s1. The Labute approximate surface area is 265 Å². The minimum absolute atomic E-state index is 0.119. The lowest BCUT2D eigenvalue weighted by Crippen LogP contribution is -2.49. The summed E-state index contributed by atoms with van der Waals surface area (Å²) in [7, 11) is 1.62. The van der Waals surface area contributed by atoms with E-state index in [0.717, 1.165) is 23.8 Å². The van der Waals surface area contributed by atoms with E-state index < -0.39 is 22.9 Å². The van der Waals surface area contributed by atoms with Crippen molar-refractivity contribution in [1.29, 1.82) is 0 Å². The molecule has 4 aromatic heterocycles. The number of piperidine rings is 1. The number of ether oxygens (including phenoxy) is 1. The molecule has 1 saturated heterocycles. The zero-order valence-corrected chi connectivity index (χ0v) is 27.4. The Bertz CT molecular complexity index is 2120. The SMILES string of the molecule is CC(C)=CCn1c(N2CCC[C@@H](NC(=O)OC(C)(C)C)C2)nc2c1c(=O)n(Cc1nc(C)c3oc4ccccc4c3n1)c(=O)n2C. The van der Waals surface area contributed by atoms with Crippen molar-refractivity contribution in [2.24, 2.45) is 7.05 Å². The first-order valence-corrected chi connectivity index (χ1v) is 15.5. The third-order valence-corrected chi connectivity index (χ3v) is 8.05. The number of carbonyl (C=O) groups is 1. The van der Waals surface area contributed by atoms with Gasteiger partial charge in [0.25, 0.3) is 5.56 Å². The number of fused-ring (bicyclic) bond motifs is 4. The van der Waals surface area contributed by atoms with Gasteiger partial charge in [-0.3, -0.25) is 13.9 Å². The lowest BCUT2D eigenvalue weighted by atomic mass is 10.1. The van der Waals surface area contributed by atoms with Crippen LogP contribution in [0.4, 0.5) is 10.7 Å². The summed E-state index contributed by atoms with van der Waals surface area (Å²) in [6.45, 7) is 12.7. The summed E-state index contributed by atoms with van der Waals surface area (Å²) in [4.78, 5) is 56.7. The van der Waals surface area contributed by atoms with Gasteiger partial charge in [-0.2, -0.15) is 4.98 Å². The van der Waals surface area contributed by atoms with Gasteiger partial charge in [0.2, 0.25) is 5.95 Å². The summed E-state index contributed by atoms with van der Waals surface area (Å²) < 4.78 is 15.9. The Kier molecular flexibility index (Phi) is 7.95. The average Bonchev–Trinajstić information content (AvgIpc) is 3.56. The molecule has 0 bridgehead atoms. The van der Waals surface area contributed by atoms with Crippen molar-refractivity contribution in [3.05, 3.63) is 68.3 Å². The number of carbonyl (C=O) groups excluding carboxylic acids is 1. The van der Waals surface area contributed by atoms with Crippen molar-refractivity contribution in [3.63, 3.8) is 0 Å². The van der Waals surface area contributed by atoms with Gasteiger partial charge >= 0.3 is 11.8 Å². The van der Waals surface area contributed by atoms with Crippen LogP contribution in [0.25, 0.3) is 33.2 Å². The average molecular weight is 629 g/mol. The highest BCUT2D eigenvalue weighted by atomic mass is 16.6. The molecule has 1 amide bonds. The first kappa shape index (κ1) is 31.1. The molecule has 5 heterocycles. The topological polar surface area (TPSA) is 142 Å². The van der Waals surface area contributed by atoms with Crippen molar-refractivity contribution in [1.82, 2.24) is 34.0 Å². The first-order chi connectivity index (χ1) is 21.8. The highest BCUT2D eigenvalue weighted by Crippen LogP contribution is 2.29. The fourth-order valence-corrected chi connectivity index (χ4v) is 5.94. The largest absolute Gasteiger partial charge is 0.452 e. The molecule has 0 spiro atoms. The Morgan fingerprint density at radius 3 is 2.63 bits per heavy atom. The molecular weight excluding hydrogens is 588 g/mol. The summed E-state index contributed by atoms with van der Waals surface area (Å²) in [5.41, 5.74) is 2.61. The van der Waals surface area contributed by atoms with E-state index in [-0.39, 0.29) is 12.6 Å². The third kappa shape index (κ3) is 5.88. The predicted molar refractivity (Wildman–Crippen MR) is 176 cm³/mol. The number of imidazole rings is 1. The molecule has 1 N–H and O–H groups in total. The summed E-state index contributed by atoms with van der Waals surface area (Å²) in [6.07, 6.45) is 3.13. The lowest BCUT2D eigenvalue weighted by molar-refractivity contribution is 0.0499. The number of anilines is 1. The maximum atomic E-state index is 14.2. The van der Waals surface area contributed by atoms with Crippen LogP contribution in [0.3, 0.4) is 0 Å². The molecule has 13 heteroatoms. The van der Waals surface area contributed by atoms with Crippen LogP contribution >= 0.6 is 0 Å². The number of aromatic nitrogens is 6. The second-order valence-corrected chi connectivity index (χ2v) is 13.1. The summed E-state index contributed by atoms with van der Waals surface area (Å²) in [5, 5.41) is 3.82. The van der Waals surface area contributed by atoms with Crippen LogP contribution in [0, 0.1) is 6.92 Å². The van der Waals surface area contributed by atoms with E-state index >= 15 is 0 Å². The molecule has 0 aliphatic carbocycles. The molecule has 1 aliphatic heterocycles. The fraction of sp³-hybridized carbons (Fsp3) is 0.455. The second kappa shape index (κ2) is 11.8. The monoisotopic (exact) mass is 628 g/mol.